The van der Waals surface area contributed by atoms with Gasteiger partial charge in [-0.3, -0.25) is 14.3 Å². The number of nitrogens with zero attached hydrogens (tertiary/aromatic N) is 2. The molecule has 2 aromatic carbocycles. The van der Waals surface area contributed by atoms with Crippen LogP contribution in [-0.4, -0.2) is 82.0 Å². The summed E-state index contributed by atoms with van der Waals surface area (Å²) < 4.78 is 49.7. The Hall–Kier alpha value is -4.52. The van der Waals surface area contributed by atoms with Crippen LogP contribution >= 0.6 is 0 Å². The van der Waals surface area contributed by atoms with Crippen molar-refractivity contribution in [3.63, 3.8) is 0 Å². The molecule has 0 atom stereocenters. The van der Waals surface area contributed by atoms with Gasteiger partial charge < -0.3 is 28.4 Å². The third-order valence-corrected chi connectivity index (χ3v) is 7.56. The SMILES string of the molecule is O=C(OCC(=O)N1CCN(C(=O)c2ccco2)CC1)c1ccccc1NS(=O)(=O)c1ccc2c(c1)OCCO2. The van der Waals surface area contributed by atoms with Crippen LogP contribution in [-0.2, 0) is 19.6 Å². The van der Waals surface area contributed by atoms with Gasteiger partial charge in [-0.2, -0.15) is 0 Å². The molecular formula is C26H25N3O9S. The summed E-state index contributed by atoms with van der Waals surface area (Å²) in [6.07, 6.45) is 1.42. The largest absolute Gasteiger partial charge is 0.486 e. The van der Waals surface area contributed by atoms with Crippen molar-refractivity contribution in [2.45, 2.75) is 4.90 Å². The van der Waals surface area contributed by atoms with Crippen LogP contribution in [0.5, 0.6) is 11.5 Å². The van der Waals surface area contributed by atoms with Crippen LogP contribution in [0, 0.1) is 0 Å². The first kappa shape index (κ1) is 26.1. The Morgan fingerprint density at radius 1 is 0.872 bits per heavy atom. The summed E-state index contributed by atoms with van der Waals surface area (Å²) in [4.78, 5) is 40.9. The molecule has 13 heteroatoms. The average molecular weight is 556 g/mol. The molecule has 1 aromatic heterocycles. The predicted molar refractivity (Wildman–Crippen MR) is 136 cm³/mol. The van der Waals surface area contributed by atoms with Crippen LogP contribution in [0.4, 0.5) is 5.69 Å². The van der Waals surface area contributed by atoms with E-state index in [1.54, 1.807) is 29.2 Å². The van der Waals surface area contributed by atoms with E-state index in [-0.39, 0.29) is 40.9 Å². The van der Waals surface area contributed by atoms with E-state index in [0.29, 0.717) is 37.8 Å². The predicted octanol–water partition coefficient (Wildman–Crippen LogP) is 1.99. The summed E-state index contributed by atoms with van der Waals surface area (Å²) in [6, 6.07) is 13.4. The minimum atomic E-state index is -4.09. The molecule has 12 nitrogen and oxygen atoms in total. The number of esters is 1. The number of fused-ring (bicyclic) bond motifs is 1. The van der Waals surface area contributed by atoms with E-state index < -0.39 is 28.5 Å². The van der Waals surface area contributed by atoms with Crippen LogP contribution < -0.4 is 14.2 Å². The number of anilines is 1. The van der Waals surface area contributed by atoms with Crippen LogP contribution in [0.2, 0.25) is 0 Å². The molecule has 204 valence electrons. The topological polar surface area (TPSA) is 145 Å². The van der Waals surface area contributed by atoms with Gasteiger partial charge in [0.25, 0.3) is 21.8 Å². The van der Waals surface area contributed by atoms with Gasteiger partial charge in [0.1, 0.15) is 13.2 Å². The lowest BCUT2D eigenvalue weighted by molar-refractivity contribution is -0.136. The number of amides is 2. The molecule has 5 rings (SSSR count). The Kier molecular flexibility index (Phi) is 7.41. The highest BCUT2D eigenvalue weighted by Gasteiger charge is 2.27. The Labute approximate surface area is 224 Å². The smallest absolute Gasteiger partial charge is 0.340 e. The van der Waals surface area contributed by atoms with Gasteiger partial charge in [0.05, 0.1) is 22.4 Å². The molecule has 1 saturated heterocycles. The second-order valence-corrected chi connectivity index (χ2v) is 10.4. The number of ether oxygens (including phenoxy) is 3. The molecule has 2 aliphatic rings. The summed E-state index contributed by atoms with van der Waals surface area (Å²) >= 11 is 0. The Morgan fingerprint density at radius 3 is 2.33 bits per heavy atom. The van der Waals surface area contributed by atoms with Crippen LogP contribution in [0.25, 0.3) is 0 Å². The third-order valence-electron chi connectivity index (χ3n) is 6.19. The number of furan rings is 1. The zero-order valence-electron chi connectivity index (χ0n) is 20.7. The van der Waals surface area contributed by atoms with E-state index in [2.05, 4.69) is 4.72 Å². The van der Waals surface area contributed by atoms with Gasteiger partial charge in [0.2, 0.25) is 0 Å². The Balaban J connectivity index is 1.18. The molecule has 0 aliphatic carbocycles. The molecular weight excluding hydrogens is 530 g/mol. The molecule has 1 fully saturated rings. The van der Waals surface area contributed by atoms with Crippen molar-refractivity contribution in [3.8, 4) is 11.5 Å². The van der Waals surface area contributed by atoms with Crippen molar-refractivity contribution in [2.24, 2.45) is 0 Å². The fourth-order valence-corrected chi connectivity index (χ4v) is 5.25. The number of carbonyl (C=O) groups excluding carboxylic acids is 3. The second-order valence-electron chi connectivity index (χ2n) is 8.68. The highest BCUT2D eigenvalue weighted by molar-refractivity contribution is 7.92. The van der Waals surface area contributed by atoms with Crippen molar-refractivity contribution in [2.75, 3.05) is 50.7 Å². The molecule has 0 spiro atoms. The van der Waals surface area contributed by atoms with E-state index in [9.17, 15) is 22.8 Å². The van der Waals surface area contributed by atoms with Gasteiger partial charge in [-0.1, -0.05) is 12.1 Å². The van der Waals surface area contributed by atoms with E-state index in [0.717, 1.165) is 0 Å². The van der Waals surface area contributed by atoms with Crippen LogP contribution in [0.1, 0.15) is 20.9 Å². The summed E-state index contributed by atoms with van der Waals surface area (Å²) in [6.45, 7) is 1.30. The van der Waals surface area contributed by atoms with Crippen molar-refractivity contribution >= 4 is 33.5 Å². The molecule has 2 aliphatic heterocycles. The highest BCUT2D eigenvalue weighted by Crippen LogP contribution is 2.33. The molecule has 39 heavy (non-hydrogen) atoms. The zero-order chi connectivity index (χ0) is 27.4. The quantitative estimate of drug-likeness (QED) is 0.433. The van der Waals surface area contributed by atoms with E-state index in [1.807, 2.05) is 0 Å². The van der Waals surface area contributed by atoms with Crippen LogP contribution in [0.3, 0.4) is 0 Å². The minimum absolute atomic E-state index is 0.00473. The monoisotopic (exact) mass is 555 g/mol. The van der Waals surface area contributed by atoms with Crippen LogP contribution in [0.15, 0.2) is 70.2 Å². The summed E-state index contributed by atoms with van der Waals surface area (Å²) in [7, 11) is -4.09. The van der Waals surface area contributed by atoms with Gasteiger partial charge in [-0.25, -0.2) is 13.2 Å². The first-order valence-corrected chi connectivity index (χ1v) is 13.6. The fourth-order valence-electron chi connectivity index (χ4n) is 4.16. The summed E-state index contributed by atoms with van der Waals surface area (Å²) in [5.41, 5.74) is -0.0600. The number of nitrogens with one attached hydrogen (secondary N) is 1. The number of hydrogen-bond acceptors (Lipinski definition) is 9. The number of sulfonamides is 1. The van der Waals surface area contributed by atoms with Gasteiger partial charge >= 0.3 is 5.97 Å². The molecule has 0 unspecified atom stereocenters. The molecule has 0 bridgehead atoms. The van der Waals surface area contributed by atoms with Crippen molar-refractivity contribution in [3.05, 3.63) is 72.2 Å². The zero-order valence-corrected chi connectivity index (χ0v) is 21.5. The Morgan fingerprint density at radius 2 is 1.59 bits per heavy atom. The standard InChI is InChI=1S/C26H25N3O9S/c30-24(28-9-11-29(12-10-28)25(31)22-6-3-13-35-22)17-38-26(32)19-4-1-2-5-20(19)27-39(33,34)18-7-8-21-23(16-18)37-15-14-36-21/h1-8,13,16,27H,9-12,14-15,17H2. The fraction of sp³-hybridized carbons (Fsp3) is 0.269. The maximum atomic E-state index is 13.0. The molecule has 0 saturated carbocycles. The summed E-state index contributed by atoms with van der Waals surface area (Å²) in [5, 5.41) is 0. The number of rotatable bonds is 7. The van der Waals surface area contributed by atoms with Crippen molar-refractivity contribution in [1.29, 1.82) is 0 Å². The van der Waals surface area contributed by atoms with E-state index in [1.165, 1.54) is 41.5 Å². The number of piperazine rings is 1. The van der Waals surface area contributed by atoms with E-state index >= 15 is 0 Å². The van der Waals surface area contributed by atoms with E-state index in [4.69, 9.17) is 18.6 Å². The van der Waals surface area contributed by atoms with Gasteiger partial charge in [0, 0.05) is 32.2 Å². The lowest BCUT2D eigenvalue weighted by Gasteiger charge is -2.34. The number of benzene rings is 2. The van der Waals surface area contributed by atoms with Gasteiger partial charge in [-0.15, -0.1) is 0 Å². The first-order valence-electron chi connectivity index (χ1n) is 12.1. The second kappa shape index (κ2) is 11.1. The number of para-hydroxylation sites is 1. The Bertz CT molecular complexity index is 1480. The van der Waals surface area contributed by atoms with Gasteiger partial charge in [0.15, 0.2) is 23.9 Å². The maximum absolute atomic E-state index is 13.0. The average Bonchev–Trinajstić information content (AvgIpc) is 3.50. The molecule has 0 radical (unpaired) electrons. The number of hydrogen-bond donors (Lipinski definition) is 1. The number of carbonyl (C=O) groups is 3. The molecule has 2 amide bonds. The first-order chi connectivity index (χ1) is 18.8. The normalized spacial score (nSPS) is 15.0. The minimum Gasteiger partial charge on any atom is -0.486 e. The molecule has 3 aromatic rings. The van der Waals surface area contributed by atoms with Crippen molar-refractivity contribution < 1.29 is 41.4 Å². The lowest BCUT2D eigenvalue weighted by Crippen LogP contribution is -2.51. The lowest BCUT2D eigenvalue weighted by atomic mass is 10.2. The molecule has 1 N–H and O–H groups in total. The maximum Gasteiger partial charge on any atom is 0.340 e. The third kappa shape index (κ3) is 5.82. The molecule has 3 heterocycles. The van der Waals surface area contributed by atoms with Gasteiger partial charge in [-0.05, 0) is 36.4 Å². The highest BCUT2D eigenvalue weighted by atomic mass is 32.2. The summed E-state index contributed by atoms with van der Waals surface area (Å²) in [5.74, 6) is -0.570. The van der Waals surface area contributed by atoms with Crippen molar-refractivity contribution in [1.82, 2.24) is 9.80 Å².